The van der Waals surface area contributed by atoms with Gasteiger partial charge in [0.1, 0.15) is 0 Å². The molecule has 0 saturated carbocycles. The highest BCUT2D eigenvalue weighted by Crippen LogP contribution is 2.58. The highest BCUT2D eigenvalue weighted by atomic mass is 14.5. The summed E-state index contributed by atoms with van der Waals surface area (Å²) in [5, 5.41) is 21.0. The highest BCUT2D eigenvalue weighted by molar-refractivity contribution is 6.35. The lowest BCUT2D eigenvalue weighted by Crippen LogP contribution is -2.28. The molecule has 1 aliphatic rings. The molecule has 0 atom stereocenters. The van der Waals surface area contributed by atoms with E-state index in [0.29, 0.717) is 0 Å². The van der Waals surface area contributed by atoms with Gasteiger partial charge in [-0.1, -0.05) is 242 Å². The average Bonchev–Trinajstić information content (AvgIpc) is 3.73. The predicted octanol–water partition coefficient (Wildman–Crippen LogP) is 19.5. The van der Waals surface area contributed by atoms with Gasteiger partial charge >= 0.3 is 0 Å². The third-order valence-electron chi connectivity index (χ3n) is 16.7. The van der Waals surface area contributed by atoms with Gasteiger partial charge in [-0.2, -0.15) is 0 Å². The summed E-state index contributed by atoms with van der Waals surface area (Å²) in [4.78, 5) is 0. The van der Waals surface area contributed by atoms with Crippen molar-refractivity contribution in [3.63, 3.8) is 0 Å². The van der Waals surface area contributed by atoms with E-state index >= 15 is 0 Å². The maximum Gasteiger partial charge on any atom is 0.0714 e. The number of hydrogen-bond donors (Lipinski definition) is 0. The lowest BCUT2D eigenvalue weighted by molar-refractivity contribution is 0.769. The number of hydrogen-bond acceptors (Lipinski definition) is 0. The van der Waals surface area contributed by atoms with Gasteiger partial charge in [0.25, 0.3) is 0 Å². The van der Waals surface area contributed by atoms with Crippen LogP contribution in [0.1, 0.15) is 27.8 Å². The summed E-state index contributed by atoms with van der Waals surface area (Å²) in [5.74, 6) is 0. The summed E-state index contributed by atoms with van der Waals surface area (Å²) in [7, 11) is 0. The predicted molar refractivity (Wildman–Crippen MR) is 307 cm³/mol. The normalized spacial score (nSPS) is 13.2. The van der Waals surface area contributed by atoms with E-state index in [9.17, 15) is 0 Å². The van der Waals surface area contributed by atoms with Crippen LogP contribution >= 0.6 is 0 Å². The molecule has 0 heterocycles. The molecule has 1 aliphatic carbocycles. The van der Waals surface area contributed by atoms with E-state index in [4.69, 9.17) is 0 Å². The van der Waals surface area contributed by atoms with Crippen LogP contribution in [0.15, 0.2) is 249 Å². The fourth-order valence-electron chi connectivity index (χ4n) is 13.6. The molecule has 0 heteroatoms. The van der Waals surface area contributed by atoms with Crippen molar-refractivity contribution in [1.29, 1.82) is 0 Å². The van der Waals surface area contributed by atoms with Crippen LogP contribution in [-0.2, 0) is 5.41 Å². The fourth-order valence-corrected chi connectivity index (χ4v) is 13.6. The molecule has 0 radical (unpaired) electrons. The molecule has 0 bridgehead atoms. The van der Waals surface area contributed by atoms with Crippen LogP contribution in [0.25, 0.3) is 131 Å². The van der Waals surface area contributed by atoms with Crippen molar-refractivity contribution >= 4 is 86.2 Å². The first-order valence-electron chi connectivity index (χ1n) is 25.3. The second kappa shape index (κ2) is 14.7. The monoisotopic (exact) mass is 908 g/mol. The largest absolute Gasteiger partial charge is 0.0714 e. The Morgan fingerprint density at radius 1 is 0.236 bits per heavy atom. The van der Waals surface area contributed by atoms with E-state index < -0.39 is 5.41 Å². The van der Waals surface area contributed by atoms with Crippen LogP contribution in [0.5, 0.6) is 0 Å². The van der Waals surface area contributed by atoms with Crippen molar-refractivity contribution in [3.05, 3.63) is 277 Å². The van der Waals surface area contributed by atoms with Crippen LogP contribution in [0, 0.1) is 6.92 Å². The van der Waals surface area contributed by atoms with E-state index in [1.165, 1.54) is 159 Å². The van der Waals surface area contributed by atoms with Gasteiger partial charge in [0.2, 0.25) is 0 Å². The van der Waals surface area contributed by atoms with Gasteiger partial charge in [0.15, 0.2) is 0 Å². The fraction of sp³-hybridized carbons (Fsp3) is 0.0278. The molecule has 0 unspecified atom stereocenters. The maximum absolute atomic E-state index is 2.54. The first kappa shape index (κ1) is 39.7. The number of rotatable bonds is 5. The molecule has 72 heavy (non-hydrogen) atoms. The zero-order valence-corrected chi connectivity index (χ0v) is 39.7. The zero-order chi connectivity index (χ0) is 47.2. The second-order valence-corrected chi connectivity index (χ2v) is 20.3. The highest BCUT2D eigenvalue weighted by Gasteiger charge is 2.46. The Kier molecular flexibility index (Phi) is 8.12. The first-order valence-corrected chi connectivity index (χ1v) is 25.3. The Labute approximate surface area is 417 Å². The van der Waals surface area contributed by atoms with E-state index in [0.717, 1.165) is 0 Å². The Bertz CT molecular complexity index is 4370. The topological polar surface area (TPSA) is 0 Å². The Morgan fingerprint density at radius 2 is 0.583 bits per heavy atom. The third-order valence-corrected chi connectivity index (χ3v) is 16.7. The van der Waals surface area contributed by atoms with Crippen LogP contribution in [0.4, 0.5) is 0 Å². The van der Waals surface area contributed by atoms with Crippen molar-refractivity contribution in [3.8, 4) is 44.5 Å². The summed E-state index contributed by atoms with van der Waals surface area (Å²) < 4.78 is 0. The molecule has 0 saturated heterocycles. The van der Waals surface area contributed by atoms with Gasteiger partial charge in [-0.25, -0.2) is 0 Å². The summed E-state index contributed by atoms with van der Waals surface area (Å²) in [5.41, 5.74) is 15.7. The minimum absolute atomic E-state index is 0.637. The van der Waals surface area contributed by atoms with Crippen molar-refractivity contribution in [1.82, 2.24) is 0 Å². The molecule has 0 amide bonds. The van der Waals surface area contributed by atoms with Crippen LogP contribution in [-0.4, -0.2) is 0 Å². The van der Waals surface area contributed by atoms with E-state index in [1.807, 2.05) is 0 Å². The Morgan fingerprint density at radius 3 is 1.04 bits per heavy atom. The molecular formula is C72H44. The van der Waals surface area contributed by atoms with Crippen LogP contribution in [0.3, 0.4) is 0 Å². The Balaban J connectivity index is 0.968. The summed E-state index contributed by atoms with van der Waals surface area (Å²) in [6.45, 7) is 2.20. The average molecular weight is 909 g/mol. The van der Waals surface area contributed by atoms with Gasteiger partial charge in [0, 0.05) is 0 Å². The molecule has 15 aromatic carbocycles. The van der Waals surface area contributed by atoms with Crippen molar-refractivity contribution in [2.24, 2.45) is 0 Å². The van der Waals surface area contributed by atoms with Crippen LogP contribution < -0.4 is 0 Å². The number of benzene rings is 15. The van der Waals surface area contributed by atoms with Crippen molar-refractivity contribution in [2.75, 3.05) is 0 Å². The maximum atomic E-state index is 2.54. The smallest absolute Gasteiger partial charge is 0.0622 e. The molecule has 0 aliphatic heterocycles. The second-order valence-electron chi connectivity index (χ2n) is 20.3. The number of aryl methyl sites for hydroxylation is 1. The van der Waals surface area contributed by atoms with Gasteiger partial charge in [-0.15, -0.1) is 0 Å². The first-order chi connectivity index (χ1) is 35.6. The molecule has 0 nitrogen and oxygen atoms in total. The molecule has 15 aromatic rings. The van der Waals surface area contributed by atoms with Gasteiger partial charge < -0.3 is 0 Å². The van der Waals surface area contributed by atoms with E-state index in [-0.39, 0.29) is 0 Å². The standard InChI is InChI=1S/C72H44/c1-43-25-31-50(32-26-43)72(51-33-27-45(28-34-51)44-11-3-2-4-12-44)66-41-48(52-37-39-64-60-19-7-15-46-13-5-17-58(68(46)60)62-23-9-21-56(52)70(62)64)29-35-54(66)55-36-30-49(42-67(55)72)53-38-40-65-61-20-8-16-47-14-6-18-59(69(47)61)63-24-10-22-57(53)71(63)65/h2-42H,1H3. The molecule has 332 valence electrons. The van der Waals surface area contributed by atoms with E-state index in [2.05, 4.69) is 256 Å². The van der Waals surface area contributed by atoms with E-state index in [1.54, 1.807) is 0 Å². The lowest BCUT2D eigenvalue weighted by atomic mass is 9.67. The summed E-state index contributed by atoms with van der Waals surface area (Å²) in [6.07, 6.45) is 0. The molecule has 0 N–H and O–H groups in total. The van der Waals surface area contributed by atoms with Crippen molar-refractivity contribution < 1.29 is 0 Å². The van der Waals surface area contributed by atoms with Gasteiger partial charge in [0.05, 0.1) is 5.41 Å². The molecule has 0 fully saturated rings. The Hall–Kier alpha value is -9.10. The van der Waals surface area contributed by atoms with Crippen LogP contribution in [0.2, 0.25) is 0 Å². The quantitative estimate of drug-likeness (QED) is 0.119. The SMILES string of the molecule is Cc1ccc(C2(c3ccc(-c4ccccc4)cc3)c3cc(-c4ccc5c6cccc7cccc(c8cccc4c85)c76)ccc3-c3ccc(-c4ccc5c6cccc7cccc(c8cccc4c85)c76)cc32)cc1. The molecule has 0 spiro atoms. The number of fused-ring (bicyclic) bond motifs is 7. The summed E-state index contributed by atoms with van der Waals surface area (Å²) >= 11 is 0. The van der Waals surface area contributed by atoms with Gasteiger partial charge in [-0.3, -0.25) is 0 Å². The van der Waals surface area contributed by atoms with Crippen molar-refractivity contribution in [2.45, 2.75) is 12.3 Å². The molecular weight excluding hydrogens is 865 g/mol. The van der Waals surface area contributed by atoms with Gasteiger partial charge in [-0.05, 0) is 172 Å². The summed E-state index contributed by atoms with van der Waals surface area (Å²) in [6, 6.07) is 94.7. The molecule has 0 aromatic heterocycles. The molecule has 16 rings (SSSR count). The minimum Gasteiger partial charge on any atom is -0.0622 e. The zero-order valence-electron chi connectivity index (χ0n) is 39.7. The lowest BCUT2D eigenvalue weighted by Gasteiger charge is -2.34. The minimum atomic E-state index is -0.637. The third kappa shape index (κ3) is 5.31.